The summed E-state index contributed by atoms with van der Waals surface area (Å²) in [5.41, 5.74) is 2.59. The predicted octanol–water partition coefficient (Wildman–Crippen LogP) is 4.15. The molecule has 4 heteroatoms. The Kier molecular flexibility index (Phi) is 5.12. The van der Waals surface area contributed by atoms with Gasteiger partial charge in [-0.15, -0.1) is 0 Å². The fourth-order valence-corrected chi connectivity index (χ4v) is 2.47. The lowest BCUT2D eigenvalue weighted by Crippen LogP contribution is -2.14. The highest BCUT2D eigenvalue weighted by Gasteiger charge is 2.10. The molecule has 0 bridgehead atoms. The molecule has 0 aliphatic rings. The minimum atomic E-state index is -0.398. The van der Waals surface area contributed by atoms with Gasteiger partial charge in [-0.05, 0) is 64.9 Å². The van der Waals surface area contributed by atoms with Crippen molar-refractivity contribution in [1.82, 2.24) is 0 Å². The van der Waals surface area contributed by atoms with Gasteiger partial charge in [-0.2, -0.15) is 5.26 Å². The second-order valence-electron chi connectivity index (χ2n) is 4.49. The smallest absolute Gasteiger partial charge is 0.266 e. The van der Waals surface area contributed by atoms with E-state index in [1.165, 1.54) is 0 Å². The maximum atomic E-state index is 12.2. The minimum Gasteiger partial charge on any atom is -0.321 e. The third-order valence-electron chi connectivity index (χ3n) is 2.91. The van der Waals surface area contributed by atoms with Crippen molar-refractivity contribution in [2.45, 2.75) is 6.92 Å². The second kappa shape index (κ2) is 7.04. The van der Waals surface area contributed by atoms with Gasteiger partial charge in [0.1, 0.15) is 11.6 Å². The zero-order valence-electron chi connectivity index (χ0n) is 11.4. The summed E-state index contributed by atoms with van der Waals surface area (Å²) >= 11 is 2.22. The topological polar surface area (TPSA) is 52.9 Å². The number of halogens is 1. The summed E-state index contributed by atoms with van der Waals surface area (Å²) < 4.78 is 1.10. The molecule has 0 aliphatic heterocycles. The number of nitrogens with zero attached hydrogens (tertiary/aromatic N) is 1. The van der Waals surface area contributed by atoms with E-state index in [9.17, 15) is 4.79 Å². The molecular weight excluding hydrogens is 375 g/mol. The Balaban J connectivity index is 2.22. The number of hydrogen-bond donors (Lipinski definition) is 1. The average Bonchev–Trinajstić information content (AvgIpc) is 2.48. The summed E-state index contributed by atoms with van der Waals surface area (Å²) in [6, 6.07) is 17.0. The van der Waals surface area contributed by atoms with E-state index in [4.69, 9.17) is 5.26 Å². The first kappa shape index (κ1) is 15.3. The lowest BCUT2D eigenvalue weighted by atomic mass is 10.1. The van der Waals surface area contributed by atoms with E-state index >= 15 is 0 Å². The van der Waals surface area contributed by atoms with Crippen LogP contribution in [0.2, 0.25) is 0 Å². The number of anilines is 1. The van der Waals surface area contributed by atoms with Crippen molar-refractivity contribution in [2.24, 2.45) is 0 Å². The molecule has 0 unspecified atom stereocenters. The van der Waals surface area contributed by atoms with Crippen LogP contribution < -0.4 is 5.32 Å². The van der Waals surface area contributed by atoms with E-state index in [0.717, 1.165) is 20.4 Å². The summed E-state index contributed by atoms with van der Waals surface area (Å²) in [6.07, 6.45) is 1.58. The fourth-order valence-electron chi connectivity index (χ4n) is 1.82. The van der Waals surface area contributed by atoms with Gasteiger partial charge in [0.25, 0.3) is 5.91 Å². The molecule has 3 nitrogen and oxygen atoms in total. The Morgan fingerprint density at radius 1 is 1.24 bits per heavy atom. The van der Waals surface area contributed by atoms with Gasteiger partial charge < -0.3 is 5.32 Å². The molecule has 1 N–H and O–H groups in total. The van der Waals surface area contributed by atoms with E-state index in [1.807, 2.05) is 61.5 Å². The summed E-state index contributed by atoms with van der Waals surface area (Å²) in [5.74, 6) is -0.398. The van der Waals surface area contributed by atoms with Crippen LogP contribution in [0, 0.1) is 21.8 Å². The van der Waals surface area contributed by atoms with Crippen LogP contribution in [-0.4, -0.2) is 5.91 Å². The van der Waals surface area contributed by atoms with Gasteiger partial charge in [0.2, 0.25) is 0 Å². The summed E-state index contributed by atoms with van der Waals surface area (Å²) in [4.78, 5) is 12.2. The number of rotatable bonds is 3. The van der Waals surface area contributed by atoms with Crippen LogP contribution in [0.15, 0.2) is 54.1 Å². The van der Waals surface area contributed by atoms with Crippen molar-refractivity contribution >= 4 is 40.3 Å². The number of aryl methyl sites for hydroxylation is 1. The van der Waals surface area contributed by atoms with Gasteiger partial charge >= 0.3 is 0 Å². The van der Waals surface area contributed by atoms with E-state index < -0.39 is 5.91 Å². The zero-order chi connectivity index (χ0) is 15.2. The molecular formula is C17H13IN2O. The predicted molar refractivity (Wildman–Crippen MR) is 92.6 cm³/mol. The molecule has 2 aromatic rings. The van der Waals surface area contributed by atoms with Crippen molar-refractivity contribution in [2.75, 3.05) is 5.32 Å². The normalized spacial score (nSPS) is 10.8. The van der Waals surface area contributed by atoms with E-state index in [-0.39, 0.29) is 5.57 Å². The van der Waals surface area contributed by atoms with E-state index in [2.05, 4.69) is 27.9 Å². The van der Waals surface area contributed by atoms with Crippen molar-refractivity contribution in [3.05, 3.63) is 68.8 Å². The van der Waals surface area contributed by atoms with Crippen LogP contribution in [-0.2, 0) is 4.79 Å². The molecule has 0 saturated carbocycles. The number of amides is 1. The largest absolute Gasteiger partial charge is 0.321 e. The Morgan fingerprint density at radius 2 is 1.95 bits per heavy atom. The van der Waals surface area contributed by atoms with Crippen molar-refractivity contribution in [3.63, 3.8) is 0 Å². The third kappa shape index (κ3) is 4.17. The van der Waals surface area contributed by atoms with Crippen LogP contribution in [0.4, 0.5) is 5.69 Å². The summed E-state index contributed by atoms with van der Waals surface area (Å²) in [5, 5.41) is 11.9. The van der Waals surface area contributed by atoms with Gasteiger partial charge in [0, 0.05) is 9.26 Å². The molecule has 2 rings (SSSR count). The minimum absolute atomic E-state index is 0.0825. The van der Waals surface area contributed by atoms with Gasteiger partial charge in [0.15, 0.2) is 0 Å². The van der Waals surface area contributed by atoms with Crippen LogP contribution >= 0.6 is 22.6 Å². The Morgan fingerprint density at radius 3 is 2.57 bits per heavy atom. The number of carbonyl (C=O) groups excluding carboxylic acids is 1. The number of nitriles is 1. The molecule has 0 atom stereocenters. The lowest BCUT2D eigenvalue weighted by molar-refractivity contribution is -0.112. The van der Waals surface area contributed by atoms with Crippen LogP contribution in [0.1, 0.15) is 11.1 Å². The van der Waals surface area contributed by atoms with Crippen molar-refractivity contribution in [3.8, 4) is 6.07 Å². The molecule has 0 aromatic heterocycles. The van der Waals surface area contributed by atoms with Gasteiger partial charge in [-0.25, -0.2) is 0 Å². The van der Waals surface area contributed by atoms with Crippen molar-refractivity contribution in [1.29, 1.82) is 5.26 Å². The third-order valence-corrected chi connectivity index (χ3v) is 3.58. The van der Waals surface area contributed by atoms with Gasteiger partial charge in [-0.3, -0.25) is 4.79 Å². The number of nitrogens with one attached hydrogen (secondary N) is 1. The molecule has 0 radical (unpaired) electrons. The highest BCUT2D eigenvalue weighted by Crippen LogP contribution is 2.18. The number of benzene rings is 2. The van der Waals surface area contributed by atoms with Crippen LogP contribution in [0.5, 0.6) is 0 Å². The number of carbonyl (C=O) groups is 1. The Labute approximate surface area is 137 Å². The first-order valence-electron chi connectivity index (χ1n) is 6.34. The SMILES string of the molecule is Cc1cc(I)ccc1NC(=O)C(C#N)=Cc1ccccc1. The maximum Gasteiger partial charge on any atom is 0.266 e. The first-order valence-corrected chi connectivity index (χ1v) is 7.42. The lowest BCUT2D eigenvalue weighted by Gasteiger charge is -2.08. The summed E-state index contributed by atoms with van der Waals surface area (Å²) in [7, 11) is 0. The first-order chi connectivity index (χ1) is 10.1. The highest BCUT2D eigenvalue weighted by molar-refractivity contribution is 14.1. The molecule has 2 aromatic carbocycles. The summed E-state index contributed by atoms with van der Waals surface area (Å²) in [6.45, 7) is 1.92. The second-order valence-corrected chi connectivity index (χ2v) is 5.74. The zero-order valence-corrected chi connectivity index (χ0v) is 13.6. The standard InChI is InChI=1S/C17H13IN2O/c1-12-9-15(18)7-8-16(12)20-17(21)14(11-19)10-13-5-3-2-4-6-13/h2-10H,1H3,(H,20,21). The maximum absolute atomic E-state index is 12.2. The van der Waals surface area contributed by atoms with Gasteiger partial charge in [-0.1, -0.05) is 30.3 Å². The molecule has 0 spiro atoms. The molecule has 0 heterocycles. The van der Waals surface area contributed by atoms with Crippen molar-refractivity contribution < 1.29 is 4.79 Å². The number of hydrogen-bond acceptors (Lipinski definition) is 2. The molecule has 0 fully saturated rings. The molecule has 1 amide bonds. The fraction of sp³-hybridized carbons (Fsp3) is 0.0588. The average molecular weight is 388 g/mol. The van der Waals surface area contributed by atoms with Crippen LogP contribution in [0.25, 0.3) is 6.08 Å². The van der Waals surface area contributed by atoms with Crippen LogP contribution in [0.3, 0.4) is 0 Å². The highest BCUT2D eigenvalue weighted by atomic mass is 127. The molecule has 104 valence electrons. The Hall–Kier alpha value is -2.13. The van der Waals surface area contributed by atoms with E-state index in [0.29, 0.717) is 0 Å². The molecule has 0 saturated heterocycles. The van der Waals surface area contributed by atoms with Gasteiger partial charge in [0.05, 0.1) is 0 Å². The molecule has 21 heavy (non-hydrogen) atoms. The monoisotopic (exact) mass is 388 g/mol. The Bertz CT molecular complexity index is 730. The quantitative estimate of drug-likeness (QED) is 0.488. The molecule has 0 aliphatic carbocycles. The van der Waals surface area contributed by atoms with E-state index in [1.54, 1.807) is 6.08 Å².